The van der Waals surface area contributed by atoms with Crippen molar-refractivity contribution >= 4 is 0 Å². The van der Waals surface area contributed by atoms with Crippen molar-refractivity contribution in [1.82, 2.24) is 9.78 Å². The number of H-pyrrole nitrogens is 1. The Labute approximate surface area is 104 Å². The van der Waals surface area contributed by atoms with Crippen LogP contribution in [0.15, 0.2) is 29.1 Å². The molecule has 0 unspecified atom stereocenters. The Morgan fingerprint density at radius 3 is 2.33 bits per heavy atom. The zero-order valence-corrected chi connectivity index (χ0v) is 10.3. The lowest BCUT2D eigenvalue weighted by Crippen LogP contribution is -2.17. The Balaban J connectivity index is 2.59. The van der Waals surface area contributed by atoms with Crippen LogP contribution in [0.5, 0.6) is 5.75 Å². The zero-order chi connectivity index (χ0) is 13.3. The van der Waals surface area contributed by atoms with Gasteiger partial charge in [0.15, 0.2) is 0 Å². The lowest BCUT2D eigenvalue weighted by Gasteiger charge is -2.04. The minimum Gasteiger partial charge on any atom is -0.508 e. The molecule has 2 rings (SSSR count). The lowest BCUT2D eigenvalue weighted by molar-refractivity contribution is 0.279. The second-order valence-corrected chi connectivity index (χ2v) is 4.47. The van der Waals surface area contributed by atoms with Crippen LogP contribution in [0.1, 0.15) is 31.0 Å². The molecule has 96 valence electrons. The fraction of sp³-hybridized carbons (Fsp3) is 0.308. The van der Waals surface area contributed by atoms with Crippen molar-refractivity contribution in [2.45, 2.75) is 26.4 Å². The van der Waals surface area contributed by atoms with Crippen LogP contribution in [0.2, 0.25) is 0 Å². The number of hydrogen-bond acceptors (Lipinski definition) is 3. The van der Waals surface area contributed by atoms with Crippen LogP contribution in [-0.2, 0) is 6.61 Å². The van der Waals surface area contributed by atoms with Gasteiger partial charge in [0.05, 0.1) is 17.9 Å². The first kappa shape index (κ1) is 12.4. The van der Waals surface area contributed by atoms with Gasteiger partial charge in [-0.1, -0.05) is 13.8 Å². The second kappa shape index (κ2) is 4.70. The van der Waals surface area contributed by atoms with Crippen molar-refractivity contribution in [1.29, 1.82) is 0 Å². The van der Waals surface area contributed by atoms with E-state index in [4.69, 9.17) is 0 Å². The monoisotopic (exact) mass is 248 g/mol. The van der Waals surface area contributed by atoms with Gasteiger partial charge in [-0.15, -0.1) is 0 Å². The van der Waals surface area contributed by atoms with Crippen LogP contribution in [0.3, 0.4) is 0 Å². The highest BCUT2D eigenvalue weighted by atomic mass is 16.3. The molecular weight excluding hydrogens is 232 g/mol. The molecule has 1 heterocycles. The number of nitrogens with one attached hydrogen (secondary N) is 1. The maximum absolute atomic E-state index is 12.1. The predicted octanol–water partition coefficient (Wildman–Crippen LogP) is 1.49. The standard InChI is InChI=1S/C13H16N2O3/c1-8(2)12-11(7-16)13(18)15(14-12)9-3-5-10(17)6-4-9/h3-6,8,14,16-17H,7H2,1-2H3. The Bertz CT molecular complexity index is 594. The summed E-state index contributed by atoms with van der Waals surface area (Å²) in [7, 11) is 0. The normalized spacial score (nSPS) is 11.1. The van der Waals surface area contributed by atoms with Crippen molar-refractivity contribution in [2.24, 2.45) is 0 Å². The van der Waals surface area contributed by atoms with Crippen molar-refractivity contribution < 1.29 is 10.2 Å². The molecule has 0 saturated heterocycles. The molecule has 0 aliphatic heterocycles. The maximum Gasteiger partial charge on any atom is 0.277 e. The van der Waals surface area contributed by atoms with Gasteiger partial charge in [-0.3, -0.25) is 9.89 Å². The molecule has 3 N–H and O–H groups in total. The van der Waals surface area contributed by atoms with Crippen LogP contribution < -0.4 is 5.56 Å². The number of aliphatic hydroxyl groups is 1. The van der Waals surface area contributed by atoms with Crippen LogP contribution in [0.25, 0.3) is 5.69 Å². The van der Waals surface area contributed by atoms with Gasteiger partial charge >= 0.3 is 0 Å². The lowest BCUT2D eigenvalue weighted by atomic mass is 10.1. The van der Waals surface area contributed by atoms with Gasteiger partial charge in [-0.2, -0.15) is 0 Å². The summed E-state index contributed by atoms with van der Waals surface area (Å²) in [6.45, 7) is 3.62. The van der Waals surface area contributed by atoms with Gasteiger partial charge in [0, 0.05) is 5.69 Å². The highest BCUT2D eigenvalue weighted by Gasteiger charge is 2.16. The summed E-state index contributed by atoms with van der Waals surface area (Å²) in [6.07, 6.45) is 0. The minimum atomic E-state index is -0.284. The van der Waals surface area contributed by atoms with Crippen molar-refractivity contribution in [3.8, 4) is 11.4 Å². The summed E-state index contributed by atoms with van der Waals surface area (Å²) >= 11 is 0. The molecule has 1 aromatic carbocycles. The third kappa shape index (κ3) is 2.04. The molecule has 5 heteroatoms. The summed E-state index contributed by atoms with van der Waals surface area (Å²) in [5, 5.41) is 21.5. The SMILES string of the molecule is CC(C)c1[nH]n(-c2ccc(O)cc2)c(=O)c1CO. The molecule has 0 radical (unpaired) electrons. The van der Waals surface area contributed by atoms with E-state index in [1.807, 2.05) is 13.8 Å². The zero-order valence-electron chi connectivity index (χ0n) is 10.3. The predicted molar refractivity (Wildman–Crippen MR) is 68.1 cm³/mol. The molecule has 0 saturated carbocycles. The summed E-state index contributed by atoms with van der Waals surface area (Å²) in [5.41, 5.74) is 1.49. The molecule has 0 atom stereocenters. The topological polar surface area (TPSA) is 78.2 Å². The fourth-order valence-corrected chi connectivity index (χ4v) is 1.90. The molecule has 0 bridgehead atoms. The average Bonchev–Trinajstić information content (AvgIpc) is 2.67. The van der Waals surface area contributed by atoms with Gasteiger partial charge in [0.25, 0.3) is 5.56 Å². The van der Waals surface area contributed by atoms with Gasteiger partial charge in [0.2, 0.25) is 0 Å². The number of nitrogens with zero attached hydrogens (tertiary/aromatic N) is 1. The Morgan fingerprint density at radius 2 is 1.89 bits per heavy atom. The van der Waals surface area contributed by atoms with E-state index in [0.717, 1.165) is 5.69 Å². The van der Waals surface area contributed by atoms with Crippen molar-refractivity contribution in [2.75, 3.05) is 0 Å². The first-order valence-electron chi connectivity index (χ1n) is 5.78. The molecule has 1 aromatic heterocycles. The second-order valence-electron chi connectivity index (χ2n) is 4.47. The largest absolute Gasteiger partial charge is 0.508 e. The number of aromatic nitrogens is 2. The number of aromatic hydroxyl groups is 1. The van der Waals surface area contributed by atoms with E-state index >= 15 is 0 Å². The Hall–Kier alpha value is -2.01. The molecule has 2 aromatic rings. The number of rotatable bonds is 3. The summed E-state index contributed by atoms with van der Waals surface area (Å²) in [5.74, 6) is 0.267. The summed E-state index contributed by atoms with van der Waals surface area (Å²) in [4.78, 5) is 12.1. The first-order valence-corrected chi connectivity index (χ1v) is 5.78. The quantitative estimate of drug-likeness (QED) is 0.770. The van der Waals surface area contributed by atoms with Crippen LogP contribution in [0.4, 0.5) is 0 Å². The number of aliphatic hydroxyl groups excluding tert-OH is 1. The van der Waals surface area contributed by atoms with Gasteiger partial charge < -0.3 is 10.2 Å². The number of aromatic amines is 1. The van der Waals surface area contributed by atoms with Crippen molar-refractivity contribution in [3.05, 3.63) is 45.9 Å². The van der Waals surface area contributed by atoms with E-state index in [9.17, 15) is 15.0 Å². The van der Waals surface area contributed by atoms with E-state index < -0.39 is 0 Å². The van der Waals surface area contributed by atoms with E-state index in [2.05, 4.69) is 5.10 Å². The Morgan fingerprint density at radius 1 is 1.28 bits per heavy atom. The summed E-state index contributed by atoms with van der Waals surface area (Å²) in [6, 6.07) is 6.30. The van der Waals surface area contributed by atoms with Gasteiger partial charge in [-0.05, 0) is 30.2 Å². The molecular formula is C13H16N2O3. The molecule has 0 amide bonds. The number of phenols is 1. The Kier molecular flexibility index (Phi) is 3.25. The summed E-state index contributed by atoms with van der Waals surface area (Å²) < 4.78 is 1.38. The van der Waals surface area contributed by atoms with Crippen molar-refractivity contribution in [3.63, 3.8) is 0 Å². The molecule has 0 fully saturated rings. The highest BCUT2D eigenvalue weighted by Crippen LogP contribution is 2.17. The van der Waals surface area contributed by atoms with Crippen LogP contribution in [-0.4, -0.2) is 20.0 Å². The minimum absolute atomic E-state index is 0.123. The van der Waals surface area contributed by atoms with E-state index in [-0.39, 0.29) is 23.8 Å². The van der Waals surface area contributed by atoms with Crippen LogP contribution >= 0.6 is 0 Å². The average molecular weight is 248 g/mol. The third-order valence-electron chi connectivity index (χ3n) is 2.86. The third-order valence-corrected chi connectivity index (χ3v) is 2.86. The van der Waals surface area contributed by atoms with Crippen LogP contribution in [0, 0.1) is 0 Å². The van der Waals surface area contributed by atoms with E-state index in [1.165, 1.54) is 16.8 Å². The molecule has 18 heavy (non-hydrogen) atoms. The maximum atomic E-state index is 12.1. The van der Waals surface area contributed by atoms with Gasteiger partial charge in [0.1, 0.15) is 5.75 Å². The molecule has 0 spiro atoms. The van der Waals surface area contributed by atoms with Gasteiger partial charge in [-0.25, -0.2) is 4.68 Å². The fourth-order valence-electron chi connectivity index (χ4n) is 1.90. The highest BCUT2D eigenvalue weighted by molar-refractivity contribution is 5.37. The number of hydrogen-bond donors (Lipinski definition) is 3. The van der Waals surface area contributed by atoms with E-state index in [0.29, 0.717) is 11.3 Å². The molecule has 0 aliphatic carbocycles. The number of benzene rings is 1. The molecule has 5 nitrogen and oxygen atoms in total. The van der Waals surface area contributed by atoms with E-state index in [1.54, 1.807) is 12.1 Å². The smallest absolute Gasteiger partial charge is 0.277 e. The first-order chi connectivity index (χ1) is 8.54. The number of phenolic OH excluding ortho intramolecular Hbond substituents is 1. The molecule has 0 aliphatic rings.